The number of likely N-dealkylation sites (N-methyl/N-ethyl adjacent to an activating group) is 2. The molecule has 8 aliphatic heterocycles. The summed E-state index contributed by atoms with van der Waals surface area (Å²) in [7, 11) is 10.2. The lowest BCUT2D eigenvalue weighted by molar-refractivity contribution is -0.159. The molecule has 4 bridgehead atoms. The number of nitriles is 2. The highest BCUT2D eigenvalue weighted by molar-refractivity contribution is 7.99. The zero-order valence-electron chi connectivity index (χ0n) is 78.0. The van der Waals surface area contributed by atoms with Gasteiger partial charge in [-0.15, -0.1) is 0 Å². The van der Waals surface area contributed by atoms with Crippen molar-refractivity contribution in [2.24, 2.45) is 0 Å². The van der Waals surface area contributed by atoms with Crippen LogP contribution in [0.2, 0.25) is 0 Å². The largest absolute Gasteiger partial charge is 0.493 e. The van der Waals surface area contributed by atoms with Crippen LogP contribution in [0.3, 0.4) is 0 Å². The summed E-state index contributed by atoms with van der Waals surface area (Å²) in [5.74, 6) is 2.05. The quantitative estimate of drug-likeness (QED) is 0.00733. The number of carbonyl (C=O) groups excluding carboxylic acids is 5. The zero-order valence-corrected chi connectivity index (χ0v) is 79.7. The maximum absolute atomic E-state index is 14.6. The van der Waals surface area contributed by atoms with Crippen molar-refractivity contribution in [2.75, 3.05) is 146 Å². The van der Waals surface area contributed by atoms with Crippen molar-refractivity contribution in [1.82, 2.24) is 30.2 Å². The number of methoxy groups -OCH3 is 4. The van der Waals surface area contributed by atoms with E-state index in [4.69, 9.17) is 71.1 Å². The number of fused-ring (bicyclic) bond motifs is 22. The summed E-state index contributed by atoms with van der Waals surface area (Å²) in [6, 6.07) is 33.8. The number of carboxylic acid groups (broad SMARTS) is 1. The molecule has 0 radical (unpaired) electrons. The number of ether oxygens (including phenoxy) is 15. The topological polar surface area (TPSA) is 406 Å². The third-order valence-electron chi connectivity index (χ3n) is 28.0. The highest BCUT2D eigenvalue weighted by Gasteiger charge is 2.67. The van der Waals surface area contributed by atoms with E-state index in [0.717, 1.165) is 39.1 Å². The van der Waals surface area contributed by atoms with E-state index in [9.17, 15) is 59.7 Å². The number of thioether (sulfide) groups is 2. The van der Waals surface area contributed by atoms with E-state index in [2.05, 4.69) is 100 Å². The highest BCUT2D eigenvalue weighted by atomic mass is 32.2. The van der Waals surface area contributed by atoms with Gasteiger partial charge in [0.15, 0.2) is 82.4 Å². The third-order valence-corrected chi connectivity index (χ3v) is 30.3. The molecule has 14 atom stereocenters. The first kappa shape index (κ1) is 98.3. The Morgan fingerprint density at radius 1 is 0.547 bits per heavy atom. The van der Waals surface area contributed by atoms with E-state index in [1.165, 1.54) is 80.2 Å². The number of ketones is 2. The summed E-state index contributed by atoms with van der Waals surface area (Å²) in [5.41, 5.74) is 11.7. The van der Waals surface area contributed by atoms with Crippen molar-refractivity contribution in [3.8, 4) is 57.4 Å². The van der Waals surface area contributed by atoms with E-state index in [1.54, 1.807) is 42.3 Å². The van der Waals surface area contributed by atoms with Crippen LogP contribution in [-0.4, -0.2) is 293 Å². The minimum atomic E-state index is -2.16. The Bertz CT molecular complexity index is 5820. The Morgan fingerprint density at radius 2 is 0.934 bits per heavy atom. The SMILES string of the molecule is C=CCOC(=O)N[C@H](CSCC1c2ccccc2-c2ccccc21)C(=O)O.C=CCOC(=O)N[C@H](CSCC1c2ccccc2-c2ccccc21)C(=O)OC[C@H]1C2=C3OCOC3=C(C)C(=O)C2(O)CC2[C@H]3c4c(cc(C)c(OC)c4OCOCCOC)C[C@@H]([C@H](C#N)N21)N3C.COCCOCOc1c(OC)c(C)cc2c1[C@@H]1C3CC4(O)C(=O)C(C)=C5OCOC5=C4[C@H](CO)N3[C@@H](C#N)[C@H](C2)N1C. The number of piperazine rings is 2. The second-order valence-corrected chi connectivity index (χ2v) is 37.5. The van der Waals surface area contributed by atoms with Gasteiger partial charge in [0, 0.05) is 119 Å². The van der Waals surface area contributed by atoms with Gasteiger partial charge in [-0.2, -0.15) is 34.0 Å². The van der Waals surface area contributed by atoms with Crippen LogP contribution in [0.1, 0.15) is 106 Å². The molecule has 0 saturated carbocycles. The summed E-state index contributed by atoms with van der Waals surface area (Å²) in [5, 5.41) is 72.3. The lowest BCUT2D eigenvalue weighted by Gasteiger charge is -2.62. The van der Waals surface area contributed by atoms with Crippen molar-refractivity contribution in [3.05, 3.63) is 235 Å². The molecule has 33 nitrogen and oxygen atoms in total. The molecule has 2 amide bonds. The van der Waals surface area contributed by atoms with Gasteiger partial charge in [-0.05, 0) is 121 Å². The van der Waals surface area contributed by atoms with Crippen LogP contribution in [0.25, 0.3) is 22.3 Å². The van der Waals surface area contributed by atoms with Gasteiger partial charge in [-0.25, -0.2) is 19.2 Å². The number of alkyl carbamates (subject to hydrolysis) is 2. The highest BCUT2D eigenvalue weighted by Crippen LogP contribution is 2.61. The number of aryl methyl sites for hydroxylation is 2. The number of aliphatic hydroxyl groups excluding tert-OH is 1. The molecule has 4 aliphatic carbocycles. The predicted octanol–water partition coefficient (Wildman–Crippen LogP) is 10.5. The van der Waals surface area contributed by atoms with E-state index < -0.39 is 127 Å². The van der Waals surface area contributed by atoms with Crippen LogP contribution >= 0.6 is 23.5 Å². The Labute approximate surface area is 803 Å². The number of rotatable bonds is 33. The number of carbonyl (C=O) groups is 6. The lowest BCUT2D eigenvalue weighted by Crippen LogP contribution is -2.74. The molecule has 12 aliphatic rings. The van der Waals surface area contributed by atoms with Crippen LogP contribution in [0, 0.1) is 36.5 Å². The van der Waals surface area contributed by atoms with Crippen molar-refractivity contribution < 1.29 is 120 Å². The van der Waals surface area contributed by atoms with Gasteiger partial charge in [-0.1, -0.05) is 135 Å². The number of carboxylic acids is 1. The Hall–Kier alpha value is -11.8. The van der Waals surface area contributed by atoms with Gasteiger partial charge in [0.05, 0.1) is 83.6 Å². The van der Waals surface area contributed by atoms with Crippen LogP contribution < -0.4 is 29.6 Å². The number of Topliss-reactive ketones (excluding diaryl/α,β-unsaturated/α-hetero) is 2. The number of aliphatic carboxylic acids is 1. The van der Waals surface area contributed by atoms with Gasteiger partial charge >= 0.3 is 24.1 Å². The number of hydrogen-bond donors (Lipinski definition) is 6. The monoisotopic (exact) mass is 1910 g/mol. The Morgan fingerprint density at radius 3 is 1.32 bits per heavy atom. The third kappa shape index (κ3) is 18.2. The standard InChI is InChI=1S/C51H56N4O12S.C30H37N3O9.C21H21NO4S/c1-7-16-63-50(58)53-36(25-68-24-35-33-14-10-8-12-31(33)32-13-9-11-15-34(32)35)49(57)64-23-40-42-47-45(66-27-67-47)29(3)48(56)51(42,59)21-38-43-41-30(20-37(54(43)4)39(22-52)55(38)40)19-28(2)44(61-6)46(41)65-26-62-18-17-60-5;1-15-8-17-9-18-20(11-31)33-19(24(32(18)3)22(17)27(25(15)38-5)40-13-39-7-6-37-4)10-30(36)23(21(33)12-34)28-26(41-14-42-28)16(2)29(30)35;1-2-11-26-21(25)22-19(20(23)24)13-27-12-18-16-9-5-3-7-14(16)15-8-4-6-10-17(15)18/h7-15,19,35-40,43,59H,1,16-18,20-21,23-27H2,2-6H3,(H,53,58);8,18-21,24,34,36H,6-7,9-10,12-14H2,1-5H3;2-10,18-19H,1,11-13H2,(H,22,25)(H,23,24)/t36-,37+,38?,39+,40+,43+,51?;18-,19?,20-,21-,24-,30?;19-/m101/s1. The second kappa shape index (κ2) is 42.3. The van der Waals surface area contributed by atoms with Crippen molar-refractivity contribution in [3.63, 3.8) is 0 Å². The number of hydrogen-bond acceptors (Lipinski definition) is 32. The van der Waals surface area contributed by atoms with Crippen LogP contribution in [0.4, 0.5) is 9.59 Å². The molecule has 6 aromatic rings. The fourth-order valence-corrected chi connectivity index (χ4v) is 24.6. The molecular formula is C102H114N8O25S2. The summed E-state index contributed by atoms with van der Waals surface area (Å²) >= 11 is 3.00. The van der Waals surface area contributed by atoms with E-state index in [1.807, 2.05) is 92.3 Å². The van der Waals surface area contributed by atoms with Gasteiger partial charge in [0.25, 0.3) is 0 Å². The van der Waals surface area contributed by atoms with Crippen LogP contribution in [-0.2, 0) is 84.1 Å². The lowest BCUT2D eigenvalue weighted by atomic mass is 9.65. The first-order chi connectivity index (χ1) is 66.3. The maximum Gasteiger partial charge on any atom is 0.408 e. The van der Waals surface area contributed by atoms with Crippen molar-refractivity contribution in [2.45, 2.75) is 149 Å². The molecule has 8 heterocycles. The van der Waals surface area contributed by atoms with Crippen LogP contribution in [0.5, 0.6) is 23.0 Å². The molecule has 6 aromatic carbocycles. The number of benzene rings is 6. The molecule has 18 rings (SSSR count). The molecule has 6 N–H and O–H groups in total. The number of piperidine rings is 2. The van der Waals surface area contributed by atoms with Crippen LogP contribution in [0.15, 0.2) is 180 Å². The molecule has 6 fully saturated rings. The fourth-order valence-electron chi connectivity index (χ4n) is 22.2. The number of aliphatic hydroxyl groups is 3. The molecule has 4 unspecified atom stereocenters. The van der Waals surface area contributed by atoms with Gasteiger partial charge in [0.2, 0.25) is 13.6 Å². The molecule has 6 saturated heterocycles. The van der Waals surface area contributed by atoms with E-state index in [-0.39, 0.29) is 128 Å². The maximum atomic E-state index is 14.6. The number of amides is 2. The molecule has 0 aromatic heterocycles. The number of esters is 1. The Balaban J connectivity index is 0.000000166. The minimum absolute atomic E-state index is 0.0194. The predicted molar refractivity (Wildman–Crippen MR) is 503 cm³/mol. The van der Waals surface area contributed by atoms with E-state index in [0.29, 0.717) is 68.0 Å². The fraction of sp³-hybridized carbons (Fsp3) is 0.451. The zero-order chi connectivity index (χ0) is 97.0. The number of nitrogens with zero attached hydrogens (tertiary/aromatic N) is 6. The number of nitrogens with one attached hydrogen (secondary N) is 2. The first-order valence-electron chi connectivity index (χ1n) is 45.5. The Kier molecular flexibility index (Phi) is 30.3. The smallest absolute Gasteiger partial charge is 0.408 e. The molecule has 724 valence electrons. The van der Waals surface area contributed by atoms with Crippen molar-refractivity contribution >= 4 is 59.2 Å². The molecular weight excluding hydrogens is 1800 g/mol. The van der Waals surface area contributed by atoms with Crippen molar-refractivity contribution in [1.29, 1.82) is 10.5 Å². The van der Waals surface area contributed by atoms with E-state index >= 15 is 0 Å². The minimum Gasteiger partial charge on any atom is -0.493 e. The normalized spacial score (nSPS) is 24.8. The summed E-state index contributed by atoms with van der Waals surface area (Å²) in [4.78, 5) is 87.4. The molecule has 35 heteroatoms. The van der Waals surface area contributed by atoms with Gasteiger partial charge in [-0.3, -0.25) is 29.2 Å². The molecule has 137 heavy (non-hydrogen) atoms. The summed E-state index contributed by atoms with van der Waals surface area (Å²) in [6.07, 6.45) is 2.09. The summed E-state index contributed by atoms with van der Waals surface area (Å²) in [6.45, 7) is 14.3. The van der Waals surface area contributed by atoms with Gasteiger partial charge < -0.3 is 102 Å². The summed E-state index contributed by atoms with van der Waals surface area (Å²) < 4.78 is 85.8. The average Bonchev–Trinajstić information content (AvgIpc) is 1.66. The molecule has 0 spiro atoms. The second-order valence-electron chi connectivity index (χ2n) is 35.4. The average molecular weight is 1920 g/mol. The first-order valence-corrected chi connectivity index (χ1v) is 47.8. The van der Waals surface area contributed by atoms with Gasteiger partial charge in [0.1, 0.15) is 44.0 Å².